The number of nitrogens with one attached hydrogen (secondary N) is 1. The highest BCUT2D eigenvalue weighted by atomic mass is 127. The molecule has 3 atom stereocenters. The summed E-state index contributed by atoms with van der Waals surface area (Å²) in [5.74, 6) is 1.75. The minimum absolute atomic E-state index is 0.672. The predicted octanol–water partition coefficient (Wildman–Crippen LogP) is 4.53. The van der Waals surface area contributed by atoms with Crippen LogP contribution in [-0.2, 0) is 0 Å². The van der Waals surface area contributed by atoms with Crippen LogP contribution < -0.4 is 5.32 Å². The Labute approximate surface area is 112 Å². The first-order valence-electron chi connectivity index (χ1n) is 6.17. The van der Waals surface area contributed by atoms with Crippen LogP contribution in [0.4, 0.5) is 5.69 Å². The molecule has 0 amide bonds. The fourth-order valence-corrected chi connectivity index (χ4v) is 2.82. The zero-order valence-corrected chi connectivity index (χ0v) is 12.2. The standard InChI is InChI=1S/C14H20IN/c1-10-3-6-14(9-11(10)2)16-13-7-4-12(15)5-8-13/h4-5,7-8,10-11,14,16H,3,6,9H2,1-2H3. The van der Waals surface area contributed by atoms with Crippen molar-refractivity contribution in [3.05, 3.63) is 27.8 Å². The first kappa shape index (κ1) is 12.2. The second kappa shape index (κ2) is 5.39. The third-order valence-electron chi connectivity index (χ3n) is 3.81. The fraction of sp³-hybridized carbons (Fsp3) is 0.571. The summed E-state index contributed by atoms with van der Waals surface area (Å²) >= 11 is 2.35. The zero-order chi connectivity index (χ0) is 11.5. The lowest BCUT2D eigenvalue weighted by atomic mass is 9.79. The van der Waals surface area contributed by atoms with Crippen molar-refractivity contribution in [3.8, 4) is 0 Å². The van der Waals surface area contributed by atoms with Gasteiger partial charge in [-0.15, -0.1) is 0 Å². The monoisotopic (exact) mass is 329 g/mol. The summed E-state index contributed by atoms with van der Waals surface area (Å²) in [6.07, 6.45) is 3.99. The molecule has 0 aliphatic heterocycles. The van der Waals surface area contributed by atoms with E-state index in [9.17, 15) is 0 Å². The van der Waals surface area contributed by atoms with Crippen LogP contribution in [0.2, 0.25) is 0 Å². The molecule has 16 heavy (non-hydrogen) atoms. The van der Waals surface area contributed by atoms with Gasteiger partial charge in [0.2, 0.25) is 0 Å². The van der Waals surface area contributed by atoms with E-state index in [2.05, 4.69) is 66.0 Å². The molecule has 2 heteroatoms. The largest absolute Gasteiger partial charge is 0.382 e. The van der Waals surface area contributed by atoms with Crippen LogP contribution in [0.25, 0.3) is 0 Å². The molecule has 2 rings (SSSR count). The van der Waals surface area contributed by atoms with Gasteiger partial charge in [0.15, 0.2) is 0 Å². The summed E-state index contributed by atoms with van der Waals surface area (Å²) in [4.78, 5) is 0. The minimum Gasteiger partial charge on any atom is -0.382 e. The summed E-state index contributed by atoms with van der Waals surface area (Å²) < 4.78 is 1.30. The van der Waals surface area contributed by atoms with Crippen LogP contribution in [0.1, 0.15) is 33.1 Å². The molecule has 0 bridgehead atoms. The Morgan fingerprint density at radius 2 is 1.75 bits per heavy atom. The molecule has 0 heterocycles. The number of halogens is 1. The van der Waals surface area contributed by atoms with Crippen molar-refractivity contribution in [2.45, 2.75) is 39.2 Å². The van der Waals surface area contributed by atoms with E-state index >= 15 is 0 Å². The van der Waals surface area contributed by atoms with E-state index in [4.69, 9.17) is 0 Å². The Kier molecular flexibility index (Phi) is 4.11. The highest BCUT2D eigenvalue weighted by molar-refractivity contribution is 14.1. The highest BCUT2D eigenvalue weighted by Gasteiger charge is 2.24. The Balaban J connectivity index is 1.93. The van der Waals surface area contributed by atoms with Gasteiger partial charge in [0.1, 0.15) is 0 Å². The van der Waals surface area contributed by atoms with Crippen LogP contribution in [0.5, 0.6) is 0 Å². The van der Waals surface area contributed by atoms with Crippen LogP contribution in [0.3, 0.4) is 0 Å². The zero-order valence-electron chi connectivity index (χ0n) is 10.0. The smallest absolute Gasteiger partial charge is 0.0343 e. The topological polar surface area (TPSA) is 12.0 Å². The van der Waals surface area contributed by atoms with E-state index in [0.29, 0.717) is 6.04 Å². The lowest BCUT2D eigenvalue weighted by Gasteiger charge is -2.33. The quantitative estimate of drug-likeness (QED) is 0.786. The van der Waals surface area contributed by atoms with Gasteiger partial charge >= 0.3 is 0 Å². The third-order valence-corrected chi connectivity index (χ3v) is 4.53. The first-order chi connectivity index (χ1) is 7.65. The SMILES string of the molecule is CC1CCC(Nc2ccc(I)cc2)CC1C. The molecule has 1 aliphatic carbocycles. The predicted molar refractivity (Wildman–Crippen MR) is 78.7 cm³/mol. The minimum atomic E-state index is 0.672. The molecule has 0 aromatic heterocycles. The molecular weight excluding hydrogens is 309 g/mol. The normalized spacial score (nSPS) is 30.1. The lowest BCUT2D eigenvalue weighted by molar-refractivity contribution is 0.261. The Bertz CT molecular complexity index is 333. The van der Waals surface area contributed by atoms with Gasteiger partial charge in [-0.1, -0.05) is 13.8 Å². The summed E-state index contributed by atoms with van der Waals surface area (Å²) in [5.41, 5.74) is 1.27. The summed E-state index contributed by atoms with van der Waals surface area (Å²) in [5, 5.41) is 3.66. The van der Waals surface area contributed by atoms with Crippen molar-refractivity contribution in [1.82, 2.24) is 0 Å². The van der Waals surface area contributed by atoms with Gasteiger partial charge in [-0.05, 0) is 78.0 Å². The van der Waals surface area contributed by atoms with Gasteiger partial charge in [-0.2, -0.15) is 0 Å². The Morgan fingerprint density at radius 3 is 2.38 bits per heavy atom. The molecule has 3 unspecified atom stereocenters. The molecule has 1 nitrogen and oxygen atoms in total. The van der Waals surface area contributed by atoms with Crippen molar-refractivity contribution in [2.24, 2.45) is 11.8 Å². The van der Waals surface area contributed by atoms with E-state index in [-0.39, 0.29) is 0 Å². The maximum atomic E-state index is 3.66. The van der Waals surface area contributed by atoms with Gasteiger partial charge in [0.05, 0.1) is 0 Å². The molecule has 1 aromatic rings. The second-order valence-electron chi connectivity index (χ2n) is 5.12. The van der Waals surface area contributed by atoms with Gasteiger partial charge in [0, 0.05) is 15.3 Å². The second-order valence-corrected chi connectivity index (χ2v) is 6.36. The summed E-state index contributed by atoms with van der Waals surface area (Å²) in [7, 11) is 0. The number of benzene rings is 1. The Morgan fingerprint density at radius 1 is 1.06 bits per heavy atom. The lowest BCUT2D eigenvalue weighted by Crippen LogP contribution is -2.30. The maximum Gasteiger partial charge on any atom is 0.0343 e. The molecule has 1 saturated carbocycles. The van der Waals surface area contributed by atoms with Crippen LogP contribution in [0, 0.1) is 15.4 Å². The molecule has 0 radical (unpaired) electrons. The maximum absolute atomic E-state index is 3.66. The van der Waals surface area contributed by atoms with Crippen LogP contribution in [0.15, 0.2) is 24.3 Å². The molecule has 1 aliphatic rings. The average Bonchev–Trinajstić information content (AvgIpc) is 2.27. The molecule has 1 fully saturated rings. The average molecular weight is 329 g/mol. The van der Waals surface area contributed by atoms with Gasteiger partial charge in [0.25, 0.3) is 0 Å². The van der Waals surface area contributed by atoms with Crippen molar-refractivity contribution < 1.29 is 0 Å². The molecule has 0 spiro atoms. The number of hydrogen-bond acceptors (Lipinski definition) is 1. The van der Waals surface area contributed by atoms with Gasteiger partial charge in [-0.25, -0.2) is 0 Å². The molecule has 88 valence electrons. The molecule has 0 saturated heterocycles. The third kappa shape index (κ3) is 3.12. The van der Waals surface area contributed by atoms with E-state index in [1.54, 1.807) is 0 Å². The molecule has 1 aromatic carbocycles. The molecular formula is C14H20IN. The highest BCUT2D eigenvalue weighted by Crippen LogP contribution is 2.31. The summed E-state index contributed by atoms with van der Waals surface area (Å²) in [6, 6.07) is 9.37. The number of rotatable bonds is 2. The van der Waals surface area contributed by atoms with E-state index in [1.165, 1.54) is 28.5 Å². The van der Waals surface area contributed by atoms with E-state index in [0.717, 1.165) is 11.8 Å². The Hall–Kier alpha value is -0.250. The van der Waals surface area contributed by atoms with Crippen molar-refractivity contribution in [3.63, 3.8) is 0 Å². The van der Waals surface area contributed by atoms with Gasteiger partial charge < -0.3 is 5.32 Å². The van der Waals surface area contributed by atoms with E-state index < -0.39 is 0 Å². The van der Waals surface area contributed by atoms with Crippen molar-refractivity contribution in [1.29, 1.82) is 0 Å². The number of anilines is 1. The van der Waals surface area contributed by atoms with Crippen LogP contribution >= 0.6 is 22.6 Å². The molecule has 1 N–H and O–H groups in total. The van der Waals surface area contributed by atoms with Gasteiger partial charge in [-0.3, -0.25) is 0 Å². The van der Waals surface area contributed by atoms with Crippen LogP contribution in [-0.4, -0.2) is 6.04 Å². The summed E-state index contributed by atoms with van der Waals surface area (Å²) in [6.45, 7) is 4.76. The van der Waals surface area contributed by atoms with E-state index in [1.807, 2.05) is 0 Å². The van der Waals surface area contributed by atoms with Crippen molar-refractivity contribution in [2.75, 3.05) is 5.32 Å². The van der Waals surface area contributed by atoms with Crippen molar-refractivity contribution >= 4 is 28.3 Å². The fourth-order valence-electron chi connectivity index (χ4n) is 2.46. The first-order valence-corrected chi connectivity index (χ1v) is 7.25. The number of hydrogen-bond donors (Lipinski definition) is 1.